The van der Waals surface area contributed by atoms with E-state index in [1.54, 1.807) is 31.0 Å². The Balaban J connectivity index is 1.86. The van der Waals surface area contributed by atoms with Gasteiger partial charge in [-0.05, 0) is 55.7 Å². The Hall–Kier alpha value is -2.34. The van der Waals surface area contributed by atoms with E-state index in [0.717, 1.165) is 4.88 Å². The molecule has 5 nitrogen and oxygen atoms in total. The van der Waals surface area contributed by atoms with Gasteiger partial charge in [0.1, 0.15) is 5.75 Å². The van der Waals surface area contributed by atoms with Gasteiger partial charge in [-0.25, -0.2) is 0 Å². The molecule has 2 aromatic rings. The molecule has 2 rings (SSSR count). The second-order valence-electron chi connectivity index (χ2n) is 6.41. The number of rotatable bonds is 6. The molecule has 0 fully saturated rings. The third-order valence-corrected chi connectivity index (χ3v) is 4.95. The summed E-state index contributed by atoms with van der Waals surface area (Å²) in [6.45, 7) is 6.75. The van der Waals surface area contributed by atoms with E-state index in [1.165, 1.54) is 17.4 Å². The molecule has 0 spiro atoms. The number of aromatic hydroxyl groups is 1. The molecular formula is C19H24N2O3S. The summed E-state index contributed by atoms with van der Waals surface area (Å²) in [5.41, 5.74) is 1.22. The van der Waals surface area contributed by atoms with Gasteiger partial charge in [0.15, 0.2) is 0 Å². The fraction of sp³-hybridized carbons (Fsp3) is 0.368. The molecule has 0 aliphatic carbocycles. The molecule has 25 heavy (non-hydrogen) atoms. The maximum absolute atomic E-state index is 12.5. The molecule has 0 aliphatic rings. The fourth-order valence-electron chi connectivity index (χ4n) is 2.53. The van der Waals surface area contributed by atoms with E-state index in [4.69, 9.17) is 0 Å². The smallest absolute Gasteiger partial charge is 0.261 e. The van der Waals surface area contributed by atoms with Gasteiger partial charge >= 0.3 is 0 Å². The van der Waals surface area contributed by atoms with Crippen molar-refractivity contribution in [2.24, 2.45) is 5.92 Å². The zero-order valence-electron chi connectivity index (χ0n) is 15.0. The zero-order valence-corrected chi connectivity index (χ0v) is 15.8. The predicted octanol–water partition coefficient (Wildman–Crippen LogP) is 3.21. The van der Waals surface area contributed by atoms with Crippen molar-refractivity contribution in [2.45, 2.75) is 20.8 Å². The standard InChI is InChI=1S/C19H24N2O3S/c1-12(10-20-18(23)17-8-5-14(3)25-17)11-21(4)19(24)15-6-7-16(22)13(2)9-15/h5-9,12,22H,10-11H2,1-4H3,(H,20,23). The van der Waals surface area contributed by atoms with E-state index in [9.17, 15) is 14.7 Å². The van der Waals surface area contributed by atoms with E-state index in [2.05, 4.69) is 5.32 Å². The number of benzene rings is 1. The van der Waals surface area contributed by atoms with Crippen LogP contribution >= 0.6 is 11.3 Å². The second kappa shape index (κ2) is 8.16. The summed E-state index contributed by atoms with van der Waals surface area (Å²) in [5, 5.41) is 12.5. The number of nitrogens with zero attached hydrogens (tertiary/aromatic N) is 1. The first-order valence-electron chi connectivity index (χ1n) is 8.17. The van der Waals surface area contributed by atoms with E-state index in [-0.39, 0.29) is 23.5 Å². The number of aryl methyl sites for hydroxylation is 2. The first-order valence-corrected chi connectivity index (χ1v) is 8.99. The number of hydrogen-bond donors (Lipinski definition) is 2. The van der Waals surface area contributed by atoms with Crippen LogP contribution in [0.25, 0.3) is 0 Å². The number of phenols is 1. The Morgan fingerprint density at radius 2 is 1.96 bits per heavy atom. The summed E-state index contributed by atoms with van der Waals surface area (Å²) in [5.74, 6) is 0.125. The number of carbonyl (C=O) groups is 2. The minimum Gasteiger partial charge on any atom is -0.508 e. The van der Waals surface area contributed by atoms with Crippen molar-refractivity contribution in [3.63, 3.8) is 0 Å². The molecule has 1 atom stereocenters. The summed E-state index contributed by atoms with van der Waals surface area (Å²) in [6, 6.07) is 8.58. The molecule has 134 valence electrons. The highest BCUT2D eigenvalue weighted by Gasteiger charge is 2.16. The van der Waals surface area contributed by atoms with Gasteiger partial charge in [0.25, 0.3) is 11.8 Å². The van der Waals surface area contributed by atoms with Crippen LogP contribution in [-0.2, 0) is 0 Å². The van der Waals surface area contributed by atoms with Crippen LogP contribution < -0.4 is 5.32 Å². The summed E-state index contributed by atoms with van der Waals surface area (Å²) in [4.78, 5) is 28.0. The van der Waals surface area contributed by atoms with Crippen LogP contribution in [0.1, 0.15) is 37.4 Å². The monoisotopic (exact) mass is 360 g/mol. The summed E-state index contributed by atoms with van der Waals surface area (Å²) < 4.78 is 0. The molecule has 1 aromatic heterocycles. The average Bonchev–Trinajstić information content (AvgIpc) is 3.01. The topological polar surface area (TPSA) is 69.6 Å². The quantitative estimate of drug-likeness (QED) is 0.831. The largest absolute Gasteiger partial charge is 0.508 e. The molecule has 0 aliphatic heterocycles. The Morgan fingerprint density at radius 1 is 1.24 bits per heavy atom. The van der Waals surface area contributed by atoms with Crippen LogP contribution in [-0.4, -0.2) is 42.0 Å². The highest BCUT2D eigenvalue weighted by molar-refractivity contribution is 7.13. The molecule has 2 amide bonds. The van der Waals surface area contributed by atoms with Gasteiger partial charge in [-0.3, -0.25) is 9.59 Å². The Kier molecular flexibility index (Phi) is 6.20. The van der Waals surface area contributed by atoms with Crippen LogP contribution in [0.15, 0.2) is 30.3 Å². The molecule has 1 aromatic carbocycles. The highest BCUT2D eigenvalue weighted by atomic mass is 32.1. The average molecular weight is 360 g/mol. The molecule has 1 unspecified atom stereocenters. The summed E-state index contributed by atoms with van der Waals surface area (Å²) >= 11 is 1.47. The van der Waals surface area contributed by atoms with Crippen molar-refractivity contribution in [2.75, 3.05) is 20.1 Å². The van der Waals surface area contributed by atoms with Gasteiger partial charge in [-0.2, -0.15) is 0 Å². The van der Waals surface area contributed by atoms with E-state index in [1.807, 2.05) is 26.0 Å². The number of amides is 2. The third-order valence-electron chi connectivity index (χ3n) is 3.95. The van der Waals surface area contributed by atoms with Crippen LogP contribution in [0.3, 0.4) is 0 Å². The Morgan fingerprint density at radius 3 is 2.56 bits per heavy atom. The maximum atomic E-state index is 12.5. The molecule has 1 heterocycles. The van der Waals surface area contributed by atoms with E-state index in [0.29, 0.717) is 29.1 Å². The molecule has 0 radical (unpaired) electrons. The minimum atomic E-state index is -0.102. The summed E-state index contributed by atoms with van der Waals surface area (Å²) in [7, 11) is 1.74. The van der Waals surface area contributed by atoms with Crippen molar-refractivity contribution in [1.82, 2.24) is 10.2 Å². The van der Waals surface area contributed by atoms with Gasteiger partial charge in [0.2, 0.25) is 0 Å². The minimum absolute atomic E-state index is 0.0758. The molecule has 0 saturated heterocycles. The van der Waals surface area contributed by atoms with Crippen LogP contribution in [0.5, 0.6) is 5.75 Å². The van der Waals surface area contributed by atoms with Crippen molar-refractivity contribution in [3.8, 4) is 5.75 Å². The Bertz CT molecular complexity index is 770. The zero-order chi connectivity index (χ0) is 18.6. The normalized spacial score (nSPS) is 11.8. The van der Waals surface area contributed by atoms with Gasteiger partial charge in [-0.15, -0.1) is 11.3 Å². The lowest BCUT2D eigenvalue weighted by Gasteiger charge is -2.22. The van der Waals surface area contributed by atoms with Crippen molar-refractivity contribution in [1.29, 1.82) is 0 Å². The molecular weight excluding hydrogens is 336 g/mol. The number of hydrogen-bond acceptors (Lipinski definition) is 4. The van der Waals surface area contributed by atoms with Crippen molar-refractivity contribution < 1.29 is 14.7 Å². The fourth-order valence-corrected chi connectivity index (χ4v) is 3.32. The third kappa shape index (κ3) is 5.06. The lowest BCUT2D eigenvalue weighted by molar-refractivity contribution is 0.0774. The lowest BCUT2D eigenvalue weighted by Crippen LogP contribution is -2.36. The van der Waals surface area contributed by atoms with E-state index < -0.39 is 0 Å². The van der Waals surface area contributed by atoms with Gasteiger partial charge in [0.05, 0.1) is 4.88 Å². The van der Waals surface area contributed by atoms with Crippen molar-refractivity contribution >= 4 is 23.2 Å². The van der Waals surface area contributed by atoms with Crippen LogP contribution in [0.2, 0.25) is 0 Å². The number of thiophene rings is 1. The highest BCUT2D eigenvalue weighted by Crippen LogP contribution is 2.18. The number of phenolic OH excluding ortho intramolecular Hbond substituents is 1. The SMILES string of the molecule is Cc1ccc(C(=O)NCC(C)CN(C)C(=O)c2ccc(O)c(C)c2)s1. The maximum Gasteiger partial charge on any atom is 0.261 e. The number of carbonyl (C=O) groups excluding carboxylic acids is 2. The van der Waals surface area contributed by atoms with E-state index >= 15 is 0 Å². The predicted molar refractivity (Wildman–Crippen MR) is 100 cm³/mol. The summed E-state index contributed by atoms with van der Waals surface area (Å²) in [6.07, 6.45) is 0. The first-order chi connectivity index (χ1) is 11.8. The second-order valence-corrected chi connectivity index (χ2v) is 7.70. The van der Waals surface area contributed by atoms with Crippen LogP contribution in [0.4, 0.5) is 0 Å². The van der Waals surface area contributed by atoms with Gasteiger partial charge in [0, 0.05) is 30.6 Å². The molecule has 6 heteroatoms. The molecule has 0 saturated carbocycles. The Labute approximate surface area is 152 Å². The van der Waals surface area contributed by atoms with Gasteiger partial charge in [-0.1, -0.05) is 6.92 Å². The first kappa shape index (κ1) is 19.0. The van der Waals surface area contributed by atoms with Crippen molar-refractivity contribution in [3.05, 3.63) is 51.2 Å². The number of nitrogens with one attached hydrogen (secondary N) is 1. The van der Waals surface area contributed by atoms with Gasteiger partial charge < -0.3 is 15.3 Å². The van der Waals surface area contributed by atoms with Crippen LogP contribution in [0, 0.1) is 19.8 Å². The molecule has 0 bridgehead atoms. The lowest BCUT2D eigenvalue weighted by atomic mass is 10.1. The molecule has 2 N–H and O–H groups in total.